The third kappa shape index (κ3) is 4.44. The summed E-state index contributed by atoms with van der Waals surface area (Å²) >= 11 is 0. The molecule has 7 atom stereocenters. The molecule has 200 valence electrons. The Morgan fingerprint density at radius 2 is 1.76 bits per heavy atom. The second-order valence-corrected chi connectivity index (χ2v) is 12.5. The minimum absolute atomic E-state index is 0.00329. The fourth-order valence-electron chi connectivity index (χ4n) is 8.54. The van der Waals surface area contributed by atoms with E-state index in [9.17, 15) is 9.59 Å². The van der Waals surface area contributed by atoms with Crippen LogP contribution >= 0.6 is 0 Å². The number of benzene rings is 2. The summed E-state index contributed by atoms with van der Waals surface area (Å²) in [5, 5.41) is 6.52. The maximum Gasteiger partial charge on any atom is 0.251 e. The summed E-state index contributed by atoms with van der Waals surface area (Å²) in [7, 11) is 0. The summed E-state index contributed by atoms with van der Waals surface area (Å²) in [6, 6.07) is 17.8. The van der Waals surface area contributed by atoms with Gasteiger partial charge >= 0.3 is 0 Å². The number of fused-ring (bicyclic) bond motifs is 5. The van der Waals surface area contributed by atoms with Gasteiger partial charge in [-0.2, -0.15) is 0 Å². The molecule has 0 radical (unpaired) electrons. The zero-order chi connectivity index (χ0) is 26.3. The van der Waals surface area contributed by atoms with Gasteiger partial charge in [0.05, 0.1) is 0 Å². The minimum Gasteiger partial charge on any atom is -0.489 e. The molecule has 2 aromatic carbocycles. The fraction of sp³-hybridized carbons (Fsp3) is 0.515. The Balaban J connectivity index is 1.06. The Labute approximate surface area is 226 Å². The average Bonchev–Trinajstić information content (AvgIpc) is 3.28. The molecule has 5 nitrogen and oxygen atoms in total. The van der Waals surface area contributed by atoms with Crippen LogP contribution in [0.25, 0.3) is 0 Å². The van der Waals surface area contributed by atoms with E-state index >= 15 is 0 Å². The predicted octanol–water partition coefficient (Wildman–Crippen LogP) is 5.91. The molecule has 2 aromatic rings. The molecule has 0 spiro atoms. The second kappa shape index (κ2) is 9.91. The summed E-state index contributed by atoms with van der Waals surface area (Å²) in [5.74, 6) is 3.38. The maximum atomic E-state index is 13.0. The maximum absolute atomic E-state index is 13.0. The van der Waals surface area contributed by atoms with Crippen LogP contribution in [0.5, 0.6) is 5.75 Å². The van der Waals surface area contributed by atoms with Gasteiger partial charge in [-0.15, -0.1) is 0 Å². The normalized spacial score (nSPS) is 35.4. The highest BCUT2D eigenvalue weighted by atomic mass is 16.5. The molecule has 1 heterocycles. The third-order valence-corrected chi connectivity index (χ3v) is 10.8. The van der Waals surface area contributed by atoms with Crippen molar-refractivity contribution in [3.63, 3.8) is 0 Å². The van der Waals surface area contributed by atoms with E-state index in [-0.39, 0.29) is 28.7 Å². The van der Waals surface area contributed by atoms with Crippen molar-refractivity contribution in [2.24, 2.45) is 34.5 Å². The lowest BCUT2D eigenvalue weighted by Gasteiger charge is -2.59. The van der Waals surface area contributed by atoms with E-state index in [1.807, 2.05) is 54.6 Å². The van der Waals surface area contributed by atoms with Gasteiger partial charge in [0.2, 0.25) is 5.91 Å². The number of carbonyl (C=O) groups excluding carboxylic acids is 2. The van der Waals surface area contributed by atoms with Crippen molar-refractivity contribution < 1.29 is 14.3 Å². The van der Waals surface area contributed by atoms with E-state index in [1.54, 1.807) is 6.08 Å². The molecular formula is C33H40N2O3. The van der Waals surface area contributed by atoms with Crippen LogP contribution < -0.4 is 15.4 Å². The molecule has 0 bridgehead atoms. The van der Waals surface area contributed by atoms with E-state index in [0.717, 1.165) is 24.3 Å². The first-order valence-electron chi connectivity index (χ1n) is 14.4. The van der Waals surface area contributed by atoms with Gasteiger partial charge in [0.1, 0.15) is 12.4 Å². The first-order chi connectivity index (χ1) is 18.4. The summed E-state index contributed by atoms with van der Waals surface area (Å²) in [6.07, 6.45) is 11.1. The molecule has 2 amide bonds. The lowest BCUT2D eigenvalue weighted by atomic mass is 9.48. The van der Waals surface area contributed by atoms with Crippen molar-refractivity contribution in [2.45, 2.75) is 65.0 Å². The zero-order valence-electron chi connectivity index (χ0n) is 22.6. The minimum atomic E-state index is -0.00329. The number of amides is 2. The van der Waals surface area contributed by atoms with E-state index in [2.05, 4.69) is 30.6 Å². The Bertz CT molecular complexity index is 1210. The zero-order valence-corrected chi connectivity index (χ0v) is 22.6. The SMILES string of the molecule is C[C@]12C=CC(=O)NC1CC[C@@H]1[C@H]2CC[C@]2(C)C(CNC(=O)c3ccc(OCc4ccccc4)cc3)CC[C@@H]12. The van der Waals surface area contributed by atoms with Gasteiger partial charge in [-0.25, -0.2) is 0 Å². The molecule has 4 aliphatic rings. The number of rotatable bonds is 6. The van der Waals surface area contributed by atoms with Gasteiger partial charge in [0.15, 0.2) is 0 Å². The van der Waals surface area contributed by atoms with Crippen LogP contribution in [-0.4, -0.2) is 24.4 Å². The lowest BCUT2D eigenvalue weighted by Crippen LogP contribution is -2.59. The fourth-order valence-corrected chi connectivity index (χ4v) is 8.54. The van der Waals surface area contributed by atoms with Gasteiger partial charge in [-0.3, -0.25) is 9.59 Å². The first kappa shape index (κ1) is 25.2. The predicted molar refractivity (Wildman–Crippen MR) is 148 cm³/mol. The summed E-state index contributed by atoms with van der Waals surface area (Å²) < 4.78 is 5.87. The van der Waals surface area contributed by atoms with Crippen molar-refractivity contribution in [3.8, 4) is 5.75 Å². The van der Waals surface area contributed by atoms with Gasteiger partial charge in [-0.1, -0.05) is 50.3 Å². The van der Waals surface area contributed by atoms with Gasteiger partial charge in [0, 0.05) is 23.6 Å². The summed E-state index contributed by atoms with van der Waals surface area (Å²) in [5.41, 5.74) is 2.14. The van der Waals surface area contributed by atoms with Crippen molar-refractivity contribution in [3.05, 3.63) is 77.9 Å². The average molecular weight is 513 g/mol. The standard InChI is InChI=1S/C33H40N2O3/c1-32-18-16-28-26(13-15-29-33(28,2)19-17-30(36)35-29)27(32)14-10-24(32)20-34-31(37)23-8-11-25(12-9-23)38-21-22-6-4-3-5-7-22/h3-9,11-12,17,19,24,26-29H,10,13-16,18,20-21H2,1-2H3,(H,34,37)(H,35,36)/t24?,26-,27-,28+,29?,32+,33+/m0/s1. The van der Waals surface area contributed by atoms with Crippen LogP contribution in [0.3, 0.4) is 0 Å². The molecule has 2 N–H and O–H groups in total. The molecular weight excluding hydrogens is 472 g/mol. The third-order valence-electron chi connectivity index (χ3n) is 10.8. The van der Waals surface area contributed by atoms with Crippen LogP contribution in [0.2, 0.25) is 0 Å². The number of hydrogen-bond acceptors (Lipinski definition) is 3. The molecule has 38 heavy (non-hydrogen) atoms. The van der Waals surface area contributed by atoms with Gasteiger partial charge < -0.3 is 15.4 Å². The van der Waals surface area contributed by atoms with E-state index < -0.39 is 0 Å². The van der Waals surface area contributed by atoms with Crippen molar-refractivity contribution >= 4 is 11.8 Å². The quantitative estimate of drug-likeness (QED) is 0.506. The molecule has 3 saturated carbocycles. The van der Waals surface area contributed by atoms with Crippen LogP contribution in [0.15, 0.2) is 66.7 Å². The van der Waals surface area contributed by atoms with Crippen LogP contribution in [-0.2, 0) is 11.4 Å². The highest BCUT2D eigenvalue weighted by Crippen LogP contribution is 2.64. The molecule has 0 aromatic heterocycles. The second-order valence-electron chi connectivity index (χ2n) is 12.5. The largest absolute Gasteiger partial charge is 0.489 e. The lowest BCUT2D eigenvalue weighted by molar-refractivity contribution is -0.122. The van der Waals surface area contributed by atoms with Crippen LogP contribution in [0.1, 0.15) is 68.3 Å². The van der Waals surface area contributed by atoms with Crippen molar-refractivity contribution in [1.29, 1.82) is 0 Å². The summed E-state index contributed by atoms with van der Waals surface area (Å²) in [6.45, 7) is 6.12. The Hall–Kier alpha value is -3.08. The van der Waals surface area contributed by atoms with E-state index in [1.165, 1.54) is 32.1 Å². The number of nitrogens with one attached hydrogen (secondary N) is 2. The molecule has 2 unspecified atom stereocenters. The van der Waals surface area contributed by atoms with E-state index in [0.29, 0.717) is 35.8 Å². The smallest absolute Gasteiger partial charge is 0.251 e. The molecule has 0 saturated heterocycles. The topological polar surface area (TPSA) is 67.4 Å². The molecule has 3 aliphatic carbocycles. The van der Waals surface area contributed by atoms with Gasteiger partial charge in [-0.05, 0) is 104 Å². The van der Waals surface area contributed by atoms with Crippen LogP contribution in [0.4, 0.5) is 0 Å². The highest BCUT2D eigenvalue weighted by Gasteiger charge is 2.59. The molecule has 1 aliphatic heterocycles. The van der Waals surface area contributed by atoms with Gasteiger partial charge in [0.25, 0.3) is 5.91 Å². The van der Waals surface area contributed by atoms with Crippen LogP contribution in [0, 0.1) is 34.5 Å². The Morgan fingerprint density at radius 1 is 0.974 bits per heavy atom. The molecule has 5 heteroatoms. The molecule has 3 fully saturated rings. The van der Waals surface area contributed by atoms with Crippen molar-refractivity contribution in [2.75, 3.05) is 6.54 Å². The highest BCUT2D eigenvalue weighted by molar-refractivity contribution is 5.94. The number of carbonyl (C=O) groups is 2. The van der Waals surface area contributed by atoms with E-state index in [4.69, 9.17) is 4.74 Å². The Morgan fingerprint density at radius 3 is 2.55 bits per heavy atom. The monoisotopic (exact) mass is 512 g/mol. The van der Waals surface area contributed by atoms with Crippen molar-refractivity contribution in [1.82, 2.24) is 10.6 Å². The number of hydrogen-bond donors (Lipinski definition) is 2. The Kier molecular flexibility index (Phi) is 6.57. The first-order valence-corrected chi connectivity index (χ1v) is 14.4. The summed E-state index contributed by atoms with van der Waals surface area (Å²) in [4.78, 5) is 25.0. The molecule has 6 rings (SSSR count). The number of ether oxygens (including phenoxy) is 1.